The van der Waals surface area contributed by atoms with Gasteiger partial charge >= 0.3 is 0 Å². The number of oxazole rings is 1. The van der Waals surface area contributed by atoms with Gasteiger partial charge in [0, 0.05) is 39.1 Å². The molecule has 1 atom stereocenters. The van der Waals surface area contributed by atoms with E-state index in [-0.39, 0.29) is 0 Å². The van der Waals surface area contributed by atoms with Gasteiger partial charge in [-0.15, -0.1) is 0 Å². The third-order valence-corrected chi connectivity index (χ3v) is 3.87. The van der Waals surface area contributed by atoms with E-state index in [4.69, 9.17) is 4.42 Å². The molecular weight excluding hydrogens is 238 g/mol. The molecule has 4 heteroatoms. The fraction of sp³-hybridized carbons (Fsp3) is 0.533. The van der Waals surface area contributed by atoms with Crippen LogP contribution in [0.2, 0.25) is 0 Å². The highest BCUT2D eigenvalue weighted by Crippen LogP contribution is 2.18. The van der Waals surface area contributed by atoms with Gasteiger partial charge in [0.15, 0.2) is 11.5 Å². The maximum atomic E-state index is 5.60. The Hall–Kier alpha value is -1.39. The van der Waals surface area contributed by atoms with Gasteiger partial charge in [0.05, 0.1) is 0 Å². The maximum Gasteiger partial charge on any atom is 0.192 e. The van der Waals surface area contributed by atoms with Gasteiger partial charge in [-0.1, -0.05) is 6.07 Å². The summed E-state index contributed by atoms with van der Waals surface area (Å²) in [6, 6.07) is 6.94. The second-order valence-corrected chi connectivity index (χ2v) is 5.37. The molecule has 1 fully saturated rings. The summed E-state index contributed by atoms with van der Waals surface area (Å²) in [5.41, 5.74) is 3.19. The summed E-state index contributed by atoms with van der Waals surface area (Å²) in [6.45, 7) is 8.69. The summed E-state index contributed by atoms with van der Waals surface area (Å²) in [7, 11) is 0. The van der Waals surface area contributed by atoms with Gasteiger partial charge in [0.25, 0.3) is 0 Å². The fourth-order valence-corrected chi connectivity index (χ4v) is 2.80. The minimum atomic E-state index is 0.573. The Bertz CT molecular complexity index is 558. The van der Waals surface area contributed by atoms with Crippen molar-refractivity contribution in [2.75, 3.05) is 26.2 Å². The molecule has 2 heterocycles. The Morgan fingerprint density at radius 2 is 2.16 bits per heavy atom. The van der Waals surface area contributed by atoms with Crippen molar-refractivity contribution in [3.8, 4) is 0 Å². The zero-order valence-corrected chi connectivity index (χ0v) is 11.6. The molecule has 0 amide bonds. The molecule has 1 N–H and O–H groups in total. The van der Waals surface area contributed by atoms with Crippen molar-refractivity contribution in [1.29, 1.82) is 0 Å². The van der Waals surface area contributed by atoms with Crippen LogP contribution in [0.15, 0.2) is 22.6 Å². The highest BCUT2D eigenvalue weighted by Gasteiger charge is 2.17. The number of piperazine rings is 1. The van der Waals surface area contributed by atoms with E-state index >= 15 is 0 Å². The van der Waals surface area contributed by atoms with Crippen LogP contribution in [0.25, 0.3) is 11.1 Å². The molecule has 0 bridgehead atoms. The first-order valence-corrected chi connectivity index (χ1v) is 7.03. The first-order chi connectivity index (χ1) is 9.22. The summed E-state index contributed by atoms with van der Waals surface area (Å²) in [5.74, 6) is 0.738. The highest BCUT2D eigenvalue weighted by molar-refractivity contribution is 5.73. The molecule has 1 aliphatic rings. The van der Waals surface area contributed by atoms with E-state index in [0.717, 1.165) is 49.6 Å². The van der Waals surface area contributed by atoms with Crippen molar-refractivity contribution in [2.45, 2.75) is 26.3 Å². The zero-order chi connectivity index (χ0) is 13.2. The van der Waals surface area contributed by atoms with Gasteiger partial charge in [-0.05, 0) is 31.0 Å². The SMILES string of the molecule is Cc1nc2ccc(CC(C)N3CCNCC3)cc2o1. The number of nitrogens with zero attached hydrogens (tertiary/aromatic N) is 2. The van der Waals surface area contributed by atoms with Gasteiger partial charge < -0.3 is 9.73 Å². The molecular formula is C15H21N3O. The molecule has 3 rings (SSSR count). The van der Waals surface area contributed by atoms with E-state index in [0.29, 0.717) is 6.04 Å². The van der Waals surface area contributed by atoms with Gasteiger partial charge in [0.1, 0.15) is 5.52 Å². The van der Waals surface area contributed by atoms with E-state index in [9.17, 15) is 0 Å². The van der Waals surface area contributed by atoms with E-state index in [1.807, 2.05) is 6.92 Å². The highest BCUT2D eigenvalue weighted by atomic mass is 16.3. The molecule has 0 aliphatic carbocycles. The number of hydrogen-bond donors (Lipinski definition) is 1. The molecule has 0 saturated carbocycles. The lowest BCUT2D eigenvalue weighted by atomic mass is 10.0. The molecule has 1 aromatic heterocycles. The average molecular weight is 259 g/mol. The number of aryl methyl sites for hydroxylation is 1. The smallest absolute Gasteiger partial charge is 0.192 e. The van der Waals surface area contributed by atoms with Crippen LogP contribution in [0.3, 0.4) is 0 Å². The van der Waals surface area contributed by atoms with Crippen LogP contribution in [0.4, 0.5) is 0 Å². The van der Waals surface area contributed by atoms with E-state index in [1.165, 1.54) is 5.56 Å². The van der Waals surface area contributed by atoms with Crippen LogP contribution in [0.5, 0.6) is 0 Å². The number of rotatable bonds is 3. The minimum absolute atomic E-state index is 0.573. The van der Waals surface area contributed by atoms with E-state index in [2.05, 4.69) is 40.3 Å². The molecule has 19 heavy (non-hydrogen) atoms. The summed E-state index contributed by atoms with van der Waals surface area (Å²) in [4.78, 5) is 6.89. The average Bonchev–Trinajstić information content (AvgIpc) is 2.79. The summed E-state index contributed by atoms with van der Waals surface area (Å²) in [5, 5.41) is 3.40. The number of aromatic nitrogens is 1. The standard InChI is InChI=1S/C15H21N3O/c1-11(18-7-5-16-6-8-18)9-13-3-4-14-15(10-13)19-12(2)17-14/h3-4,10-11,16H,5-9H2,1-2H3. The van der Waals surface area contributed by atoms with Crippen LogP contribution >= 0.6 is 0 Å². The molecule has 1 saturated heterocycles. The maximum absolute atomic E-state index is 5.60. The molecule has 102 valence electrons. The fourth-order valence-electron chi connectivity index (χ4n) is 2.80. The van der Waals surface area contributed by atoms with Gasteiger partial charge in [-0.3, -0.25) is 4.90 Å². The van der Waals surface area contributed by atoms with Crippen molar-refractivity contribution in [2.24, 2.45) is 0 Å². The van der Waals surface area contributed by atoms with Crippen molar-refractivity contribution in [3.63, 3.8) is 0 Å². The molecule has 0 radical (unpaired) electrons. The van der Waals surface area contributed by atoms with Crippen molar-refractivity contribution >= 4 is 11.1 Å². The number of benzene rings is 1. The second-order valence-electron chi connectivity index (χ2n) is 5.37. The Morgan fingerprint density at radius 3 is 2.95 bits per heavy atom. The lowest BCUT2D eigenvalue weighted by Crippen LogP contribution is -2.48. The van der Waals surface area contributed by atoms with Crippen LogP contribution in [-0.4, -0.2) is 42.1 Å². The van der Waals surface area contributed by atoms with Crippen LogP contribution < -0.4 is 5.32 Å². The molecule has 1 unspecified atom stereocenters. The third kappa shape index (κ3) is 2.80. The summed E-state index contributed by atoms with van der Waals surface area (Å²) >= 11 is 0. The van der Waals surface area contributed by atoms with Crippen LogP contribution in [0.1, 0.15) is 18.4 Å². The largest absolute Gasteiger partial charge is 0.441 e. The lowest BCUT2D eigenvalue weighted by molar-refractivity contribution is 0.183. The summed E-state index contributed by atoms with van der Waals surface area (Å²) in [6.07, 6.45) is 1.07. The molecule has 0 spiro atoms. The Balaban J connectivity index is 1.72. The molecule has 4 nitrogen and oxygen atoms in total. The summed E-state index contributed by atoms with van der Waals surface area (Å²) < 4.78 is 5.60. The second kappa shape index (κ2) is 5.31. The normalized spacial score (nSPS) is 18.8. The van der Waals surface area contributed by atoms with E-state index < -0.39 is 0 Å². The monoisotopic (exact) mass is 259 g/mol. The molecule has 1 aromatic carbocycles. The molecule has 1 aliphatic heterocycles. The van der Waals surface area contributed by atoms with Crippen molar-refractivity contribution in [3.05, 3.63) is 29.7 Å². The van der Waals surface area contributed by atoms with Crippen LogP contribution in [-0.2, 0) is 6.42 Å². The Labute approximate surface area is 113 Å². The topological polar surface area (TPSA) is 41.3 Å². The first kappa shape index (κ1) is 12.6. The number of hydrogen-bond acceptors (Lipinski definition) is 4. The van der Waals surface area contributed by atoms with Gasteiger partial charge in [-0.2, -0.15) is 0 Å². The lowest BCUT2D eigenvalue weighted by Gasteiger charge is -2.32. The third-order valence-electron chi connectivity index (χ3n) is 3.87. The predicted molar refractivity (Wildman–Crippen MR) is 76.4 cm³/mol. The Morgan fingerprint density at radius 1 is 1.37 bits per heavy atom. The predicted octanol–water partition coefficient (Wildman–Crippen LogP) is 1.97. The Kier molecular flexibility index (Phi) is 3.53. The van der Waals surface area contributed by atoms with E-state index in [1.54, 1.807) is 0 Å². The minimum Gasteiger partial charge on any atom is -0.441 e. The number of fused-ring (bicyclic) bond motifs is 1. The van der Waals surface area contributed by atoms with Gasteiger partial charge in [-0.25, -0.2) is 4.98 Å². The van der Waals surface area contributed by atoms with Crippen molar-refractivity contribution < 1.29 is 4.42 Å². The van der Waals surface area contributed by atoms with Crippen LogP contribution in [0, 0.1) is 6.92 Å². The zero-order valence-electron chi connectivity index (χ0n) is 11.6. The number of nitrogens with one attached hydrogen (secondary N) is 1. The van der Waals surface area contributed by atoms with Crippen molar-refractivity contribution in [1.82, 2.24) is 15.2 Å². The molecule has 2 aromatic rings. The quantitative estimate of drug-likeness (QED) is 0.915. The first-order valence-electron chi connectivity index (χ1n) is 7.03. The van der Waals surface area contributed by atoms with Gasteiger partial charge in [0.2, 0.25) is 0 Å².